The van der Waals surface area contributed by atoms with Crippen LogP contribution in [0.2, 0.25) is 0 Å². The van der Waals surface area contributed by atoms with Crippen LogP contribution in [0.3, 0.4) is 0 Å². The maximum absolute atomic E-state index is 14.1. The topological polar surface area (TPSA) is 57.6 Å². The highest BCUT2D eigenvalue weighted by atomic mass is 19.1. The fourth-order valence-corrected chi connectivity index (χ4v) is 2.87. The second-order valence-electron chi connectivity index (χ2n) is 6.16. The summed E-state index contributed by atoms with van der Waals surface area (Å²) in [6, 6.07) is 2.21. The summed E-state index contributed by atoms with van der Waals surface area (Å²) in [5, 5.41) is 9.30. The number of likely N-dealkylation sites (tertiary alicyclic amines) is 1. The largest absolute Gasteiger partial charge is 0.481 e. The Hall–Kier alpha value is -1.98. The standard InChI is InChI=1S/C15H17F2NO3/c1-15(2,3)18-11(19)7-8(14(20)21)13(18)12-9(16)5-4-6-10(12)17/h4-6,8,13H,7H2,1-3H3,(H,20,21). The van der Waals surface area contributed by atoms with Gasteiger partial charge >= 0.3 is 5.97 Å². The van der Waals surface area contributed by atoms with Gasteiger partial charge in [0, 0.05) is 17.5 Å². The first-order valence-electron chi connectivity index (χ1n) is 6.63. The lowest BCUT2D eigenvalue weighted by molar-refractivity contribution is -0.143. The zero-order chi connectivity index (χ0) is 15.9. The van der Waals surface area contributed by atoms with E-state index in [-0.39, 0.29) is 12.0 Å². The Morgan fingerprint density at radius 2 is 1.81 bits per heavy atom. The summed E-state index contributed by atoms with van der Waals surface area (Å²) >= 11 is 0. The van der Waals surface area contributed by atoms with Crippen molar-refractivity contribution >= 4 is 11.9 Å². The molecule has 2 atom stereocenters. The number of carboxylic acid groups (broad SMARTS) is 1. The number of rotatable bonds is 2. The minimum absolute atomic E-state index is 0.259. The van der Waals surface area contributed by atoms with Crippen LogP contribution < -0.4 is 0 Å². The zero-order valence-corrected chi connectivity index (χ0v) is 12.1. The van der Waals surface area contributed by atoms with E-state index in [0.717, 1.165) is 12.1 Å². The van der Waals surface area contributed by atoms with Gasteiger partial charge < -0.3 is 10.0 Å². The van der Waals surface area contributed by atoms with Gasteiger partial charge in [0.15, 0.2) is 0 Å². The molecule has 1 heterocycles. The maximum Gasteiger partial charge on any atom is 0.309 e. The van der Waals surface area contributed by atoms with Crippen molar-refractivity contribution in [2.45, 2.75) is 38.8 Å². The average Bonchev–Trinajstić information content (AvgIpc) is 2.66. The van der Waals surface area contributed by atoms with Crippen LogP contribution in [0.5, 0.6) is 0 Å². The summed E-state index contributed by atoms with van der Waals surface area (Å²) < 4.78 is 28.1. The van der Waals surface area contributed by atoms with Crippen molar-refractivity contribution in [1.29, 1.82) is 0 Å². The predicted octanol–water partition coefficient (Wildman–Crippen LogP) is 2.74. The van der Waals surface area contributed by atoms with E-state index in [1.165, 1.54) is 11.0 Å². The molecule has 1 aromatic carbocycles. The van der Waals surface area contributed by atoms with Crippen LogP contribution in [0.25, 0.3) is 0 Å². The van der Waals surface area contributed by atoms with E-state index in [1.54, 1.807) is 20.8 Å². The van der Waals surface area contributed by atoms with Crippen molar-refractivity contribution in [3.8, 4) is 0 Å². The second kappa shape index (κ2) is 5.09. The van der Waals surface area contributed by atoms with E-state index in [1.807, 2.05) is 0 Å². The molecule has 2 rings (SSSR count). The van der Waals surface area contributed by atoms with Gasteiger partial charge in [0.1, 0.15) is 11.6 Å². The highest BCUT2D eigenvalue weighted by molar-refractivity contribution is 5.88. The molecule has 0 aliphatic carbocycles. The normalized spacial score (nSPS) is 22.7. The van der Waals surface area contributed by atoms with Crippen LogP contribution in [0.4, 0.5) is 8.78 Å². The predicted molar refractivity (Wildman–Crippen MR) is 71.4 cm³/mol. The summed E-state index contributed by atoms with van der Waals surface area (Å²) in [5.41, 5.74) is -1.09. The highest BCUT2D eigenvalue weighted by Gasteiger charge is 2.50. The molecule has 1 saturated heterocycles. The Morgan fingerprint density at radius 1 is 1.29 bits per heavy atom. The van der Waals surface area contributed by atoms with Crippen LogP contribution in [0.15, 0.2) is 18.2 Å². The van der Waals surface area contributed by atoms with Crippen LogP contribution in [0.1, 0.15) is 38.8 Å². The first-order valence-corrected chi connectivity index (χ1v) is 6.63. The molecule has 1 aliphatic heterocycles. The van der Waals surface area contributed by atoms with Crippen molar-refractivity contribution in [2.75, 3.05) is 0 Å². The molecule has 6 heteroatoms. The number of benzene rings is 1. The molecule has 21 heavy (non-hydrogen) atoms. The van der Waals surface area contributed by atoms with E-state index in [4.69, 9.17) is 0 Å². The first-order chi connectivity index (χ1) is 9.64. The Labute approximate surface area is 121 Å². The number of halogens is 2. The summed E-state index contributed by atoms with van der Waals surface area (Å²) in [4.78, 5) is 24.8. The Bertz CT molecular complexity index is 575. The molecule has 0 bridgehead atoms. The van der Waals surface area contributed by atoms with Crippen LogP contribution in [0, 0.1) is 17.6 Å². The maximum atomic E-state index is 14.1. The molecule has 0 spiro atoms. The smallest absolute Gasteiger partial charge is 0.309 e. The van der Waals surface area contributed by atoms with E-state index in [0.29, 0.717) is 0 Å². The third-order valence-corrected chi connectivity index (χ3v) is 3.66. The third kappa shape index (κ3) is 2.62. The number of hydrogen-bond acceptors (Lipinski definition) is 2. The van der Waals surface area contributed by atoms with Crippen molar-refractivity contribution in [3.05, 3.63) is 35.4 Å². The lowest BCUT2D eigenvalue weighted by atomic mass is 9.91. The van der Waals surface area contributed by atoms with Crippen molar-refractivity contribution in [1.82, 2.24) is 4.90 Å². The lowest BCUT2D eigenvalue weighted by Gasteiger charge is -2.38. The molecule has 4 nitrogen and oxygen atoms in total. The lowest BCUT2D eigenvalue weighted by Crippen LogP contribution is -2.45. The molecular weight excluding hydrogens is 280 g/mol. The molecule has 0 aromatic heterocycles. The van der Waals surface area contributed by atoms with Crippen molar-refractivity contribution in [3.63, 3.8) is 0 Å². The number of carbonyl (C=O) groups excluding carboxylic acids is 1. The Morgan fingerprint density at radius 3 is 2.24 bits per heavy atom. The molecule has 2 unspecified atom stereocenters. The molecule has 1 amide bonds. The minimum atomic E-state index is -1.23. The monoisotopic (exact) mass is 297 g/mol. The second-order valence-corrected chi connectivity index (χ2v) is 6.16. The number of nitrogens with zero attached hydrogens (tertiary/aromatic N) is 1. The SMILES string of the molecule is CC(C)(C)N1C(=O)CC(C(=O)O)C1c1c(F)cccc1F. The van der Waals surface area contributed by atoms with Gasteiger partial charge in [0.05, 0.1) is 12.0 Å². The molecule has 1 aliphatic rings. The molecule has 1 N–H and O–H groups in total. The summed E-state index contributed by atoms with van der Waals surface area (Å²) in [5.74, 6) is -4.49. The van der Waals surface area contributed by atoms with Crippen LogP contribution >= 0.6 is 0 Å². The Balaban J connectivity index is 2.63. The van der Waals surface area contributed by atoms with Crippen molar-refractivity contribution in [2.24, 2.45) is 5.92 Å². The number of carboxylic acids is 1. The molecular formula is C15H17F2NO3. The van der Waals surface area contributed by atoms with Gasteiger partial charge in [-0.25, -0.2) is 8.78 Å². The van der Waals surface area contributed by atoms with Crippen LogP contribution in [-0.2, 0) is 9.59 Å². The summed E-state index contributed by atoms with van der Waals surface area (Å²) in [7, 11) is 0. The Kier molecular flexibility index (Phi) is 3.74. The van der Waals surface area contributed by atoms with Crippen molar-refractivity contribution < 1.29 is 23.5 Å². The number of carbonyl (C=O) groups is 2. The zero-order valence-electron chi connectivity index (χ0n) is 12.1. The molecule has 0 saturated carbocycles. The third-order valence-electron chi connectivity index (χ3n) is 3.66. The van der Waals surface area contributed by atoms with E-state index in [9.17, 15) is 23.5 Å². The minimum Gasteiger partial charge on any atom is -0.481 e. The molecule has 114 valence electrons. The molecule has 0 radical (unpaired) electrons. The highest BCUT2D eigenvalue weighted by Crippen LogP contribution is 2.44. The summed E-state index contributed by atoms with van der Waals surface area (Å²) in [6.07, 6.45) is -0.259. The first kappa shape index (κ1) is 15.4. The van der Waals surface area contributed by atoms with E-state index in [2.05, 4.69) is 0 Å². The molecule has 1 fully saturated rings. The van der Waals surface area contributed by atoms with Gasteiger partial charge in [-0.05, 0) is 32.9 Å². The van der Waals surface area contributed by atoms with Gasteiger partial charge in [-0.15, -0.1) is 0 Å². The van der Waals surface area contributed by atoms with Gasteiger partial charge in [-0.1, -0.05) is 6.07 Å². The fraction of sp³-hybridized carbons (Fsp3) is 0.467. The van der Waals surface area contributed by atoms with Gasteiger partial charge in [0.2, 0.25) is 5.91 Å². The van der Waals surface area contributed by atoms with Crippen LogP contribution in [-0.4, -0.2) is 27.4 Å². The van der Waals surface area contributed by atoms with Gasteiger partial charge in [-0.2, -0.15) is 0 Å². The number of aliphatic carboxylic acids is 1. The molecule has 1 aromatic rings. The van der Waals surface area contributed by atoms with Gasteiger partial charge in [-0.3, -0.25) is 9.59 Å². The quantitative estimate of drug-likeness (QED) is 0.913. The fourth-order valence-electron chi connectivity index (χ4n) is 2.87. The summed E-state index contributed by atoms with van der Waals surface area (Å²) in [6.45, 7) is 5.13. The number of hydrogen-bond donors (Lipinski definition) is 1. The van der Waals surface area contributed by atoms with E-state index >= 15 is 0 Å². The number of amides is 1. The van der Waals surface area contributed by atoms with E-state index < -0.39 is 41.0 Å². The van der Waals surface area contributed by atoms with Gasteiger partial charge in [0.25, 0.3) is 0 Å². The average molecular weight is 297 g/mol.